The van der Waals surface area contributed by atoms with E-state index in [0.717, 1.165) is 5.69 Å². The molecule has 0 radical (unpaired) electrons. The van der Waals surface area contributed by atoms with Crippen LogP contribution in [-0.2, 0) is 14.1 Å². The van der Waals surface area contributed by atoms with Gasteiger partial charge in [-0.2, -0.15) is 0 Å². The zero-order chi connectivity index (χ0) is 19.7. The van der Waals surface area contributed by atoms with Crippen molar-refractivity contribution in [1.82, 2.24) is 14.0 Å². The molecule has 144 valence electrons. The maximum absolute atomic E-state index is 12.9. The van der Waals surface area contributed by atoms with Crippen LogP contribution in [0.15, 0.2) is 34.0 Å². The highest BCUT2D eigenvalue weighted by Gasteiger charge is 2.30. The van der Waals surface area contributed by atoms with E-state index in [0.29, 0.717) is 30.8 Å². The number of hydrogen-bond acceptors (Lipinski definition) is 5. The second-order valence-electron chi connectivity index (χ2n) is 6.71. The summed E-state index contributed by atoms with van der Waals surface area (Å²) in [6, 6.07) is 4.56. The summed E-state index contributed by atoms with van der Waals surface area (Å²) in [4.78, 5) is 38.2. The van der Waals surface area contributed by atoms with E-state index in [4.69, 9.17) is 9.47 Å². The van der Waals surface area contributed by atoms with Crippen LogP contribution in [0, 0.1) is 6.92 Å². The van der Waals surface area contributed by atoms with Crippen molar-refractivity contribution in [1.29, 1.82) is 0 Å². The molecule has 8 nitrogen and oxygen atoms in total. The number of carbonyl (C=O) groups is 1. The number of aryl methyl sites for hydroxylation is 2. The number of ether oxygens (including phenoxy) is 2. The zero-order valence-electron chi connectivity index (χ0n) is 15.9. The second-order valence-corrected chi connectivity index (χ2v) is 6.71. The Morgan fingerprint density at radius 2 is 1.89 bits per heavy atom. The minimum atomic E-state index is -0.243. The smallest absolute Gasteiger partial charge is 0.259 e. The third-order valence-corrected chi connectivity index (χ3v) is 4.85. The summed E-state index contributed by atoms with van der Waals surface area (Å²) in [7, 11) is 4.73. The predicted octanol–water partition coefficient (Wildman–Crippen LogP) is 0.695. The molecule has 1 atom stereocenters. The maximum atomic E-state index is 12.9. The summed E-state index contributed by atoms with van der Waals surface area (Å²) >= 11 is 0. The van der Waals surface area contributed by atoms with Gasteiger partial charge in [-0.1, -0.05) is 0 Å². The number of methoxy groups -OCH3 is 1. The molecule has 0 bridgehead atoms. The molecule has 1 aliphatic rings. The molecule has 0 N–H and O–H groups in total. The largest absolute Gasteiger partial charge is 0.496 e. The van der Waals surface area contributed by atoms with Gasteiger partial charge in [0.15, 0.2) is 0 Å². The Bertz CT molecular complexity index is 992. The van der Waals surface area contributed by atoms with Crippen molar-refractivity contribution in [3.63, 3.8) is 0 Å². The summed E-state index contributed by atoms with van der Waals surface area (Å²) in [6.07, 6.45) is 1.95. The van der Waals surface area contributed by atoms with Gasteiger partial charge in [0.25, 0.3) is 17.0 Å². The highest BCUT2D eigenvalue weighted by Crippen LogP contribution is 2.23. The highest BCUT2D eigenvalue weighted by atomic mass is 16.5. The van der Waals surface area contributed by atoms with Crippen LogP contribution in [-0.4, -0.2) is 46.2 Å². The second kappa shape index (κ2) is 7.30. The van der Waals surface area contributed by atoms with Gasteiger partial charge < -0.3 is 23.5 Å². The molecule has 0 aromatic carbocycles. The lowest BCUT2D eigenvalue weighted by Crippen LogP contribution is -2.32. The van der Waals surface area contributed by atoms with Gasteiger partial charge in [-0.15, -0.1) is 0 Å². The quantitative estimate of drug-likeness (QED) is 0.788. The Labute approximate surface area is 156 Å². The van der Waals surface area contributed by atoms with Gasteiger partial charge in [0, 0.05) is 51.1 Å². The molecule has 0 saturated carbocycles. The molecule has 8 heteroatoms. The lowest BCUT2D eigenvalue weighted by atomic mass is 10.2. The van der Waals surface area contributed by atoms with Crippen LogP contribution in [0.3, 0.4) is 0 Å². The normalized spacial score (nSPS) is 16.4. The number of amides is 1. The van der Waals surface area contributed by atoms with Crippen molar-refractivity contribution >= 4 is 5.91 Å². The summed E-state index contributed by atoms with van der Waals surface area (Å²) in [5.41, 5.74) is 0.765. The molecule has 2 aromatic rings. The fraction of sp³-hybridized carbons (Fsp3) is 0.421. The van der Waals surface area contributed by atoms with Gasteiger partial charge in [-0.25, -0.2) is 0 Å². The molecular weight excluding hydrogens is 350 g/mol. The molecule has 1 aliphatic heterocycles. The summed E-state index contributed by atoms with van der Waals surface area (Å²) in [5, 5.41) is 0. The predicted molar refractivity (Wildman–Crippen MR) is 99.6 cm³/mol. The van der Waals surface area contributed by atoms with Crippen molar-refractivity contribution in [2.45, 2.75) is 19.4 Å². The Morgan fingerprint density at radius 3 is 2.56 bits per heavy atom. The van der Waals surface area contributed by atoms with E-state index >= 15 is 0 Å². The monoisotopic (exact) mass is 373 g/mol. The van der Waals surface area contributed by atoms with Crippen LogP contribution in [0.25, 0.3) is 0 Å². The summed E-state index contributed by atoms with van der Waals surface area (Å²) < 4.78 is 14.0. The number of pyridine rings is 2. The number of aromatic nitrogens is 2. The first-order valence-electron chi connectivity index (χ1n) is 8.68. The Kier molecular flexibility index (Phi) is 5.07. The standard InChI is InChI=1S/C19H23N3O5/c1-12-7-14(8-18(24)21(12)3)27-13-5-6-22(10-13)19(25)15-11-20(2)17(23)9-16(15)26-4/h7-9,11,13H,5-6,10H2,1-4H3. The van der Waals surface area contributed by atoms with Crippen LogP contribution in [0.1, 0.15) is 22.5 Å². The van der Waals surface area contributed by atoms with Gasteiger partial charge >= 0.3 is 0 Å². The van der Waals surface area contributed by atoms with E-state index in [9.17, 15) is 14.4 Å². The van der Waals surface area contributed by atoms with Crippen LogP contribution >= 0.6 is 0 Å². The first-order valence-corrected chi connectivity index (χ1v) is 8.68. The first-order chi connectivity index (χ1) is 12.8. The summed E-state index contributed by atoms with van der Waals surface area (Å²) in [6.45, 7) is 2.77. The van der Waals surface area contributed by atoms with E-state index in [-0.39, 0.29) is 28.9 Å². The first kappa shape index (κ1) is 18.8. The van der Waals surface area contributed by atoms with Gasteiger partial charge in [-0.3, -0.25) is 14.4 Å². The number of likely N-dealkylation sites (tertiary alicyclic amines) is 1. The molecule has 3 rings (SSSR count). The number of carbonyl (C=O) groups excluding carboxylic acids is 1. The van der Waals surface area contributed by atoms with E-state index in [1.807, 2.05) is 13.0 Å². The van der Waals surface area contributed by atoms with Crippen LogP contribution in [0.2, 0.25) is 0 Å². The van der Waals surface area contributed by atoms with Crippen molar-refractivity contribution in [3.05, 3.63) is 56.4 Å². The van der Waals surface area contributed by atoms with Crippen molar-refractivity contribution in [3.8, 4) is 11.5 Å². The molecule has 1 fully saturated rings. The molecule has 0 aliphatic carbocycles. The average molecular weight is 373 g/mol. The van der Waals surface area contributed by atoms with Gasteiger partial charge in [0.1, 0.15) is 17.6 Å². The molecule has 27 heavy (non-hydrogen) atoms. The number of nitrogens with zero attached hydrogens (tertiary/aromatic N) is 3. The summed E-state index contributed by atoms with van der Waals surface area (Å²) in [5.74, 6) is 0.554. The van der Waals surface area contributed by atoms with Gasteiger partial charge in [0.05, 0.1) is 19.2 Å². The lowest BCUT2D eigenvalue weighted by Gasteiger charge is -2.19. The Balaban J connectivity index is 1.75. The fourth-order valence-corrected chi connectivity index (χ4v) is 3.12. The SMILES string of the molecule is COc1cc(=O)n(C)cc1C(=O)N1CCC(Oc2cc(C)n(C)c(=O)c2)C1. The van der Waals surface area contributed by atoms with E-state index < -0.39 is 0 Å². The molecule has 0 spiro atoms. The fourth-order valence-electron chi connectivity index (χ4n) is 3.12. The van der Waals surface area contributed by atoms with Crippen LogP contribution in [0.4, 0.5) is 0 Å². The third kappa shape index (κ3) is 3.74. The number of hydrogen-bond donors (Lipinski definition) is 0. The molecule has 1 unspecified atom stereocenters. The van der Waals surface area contributed by atoms with Crippen LogP contribution in [0.5, 0.6) is 11.5 Å². The minimum Gasteiger partial charge on any atom is -0.496 e. The van der Waals surface area contributed by atoms with Crippen molar-refractivity contribution in [2.24, 2.45) is 14.1 Å². The molecule has 1 saturated heterocycles. The maximum Gasteiger partial charge on any atom is 0.259 e. The zero-order valence-corrected chi connectivity index (χ0v) is 15.9. The Morgan fingerprint density at radius 1 is 1.15 bits per heavy atom. The highest BCUT2D eigenvalue weighted by molar-refractivity contribution is 5.96. The topological polar surface area (TPSA) is 82.8 Å². The van der Waals surface area contributed by atoms with Crippen LogP contribution < -0.4 is 20.6 Å². The number of rotatable bonds is 4. The van der Waals surface area contributed by atoms with E-state index in [1.165, 1.54) is 30.0 Å². The van der Waals surface area contributed by atoms with Gasteiger partial charge in [-0.05, 0) is 13.0 Å². The average Bonchev–Trinajstić information content (AvgIpc) is 3.09. The lowest BCUT2D eigenvalue weighted by molar-refractivity contribution is 0.0768. The minimum absolute atomic E-state index is 0.133. The van der Waals surface area contributed by atoms with Gasteiger partial charge in [0.2, 0.25) is 0 Å². The molecule has 2 aromatic heterocycles. The molecular formula is C19H23N3O5. The third-order valence-electron chi connectivity index (χ3n) is 4.85. The van der Waals surface area contributed by atoms with Crippen molar-refractivity contribution in [2.75, 3.05) is 20.2 Å². The van der Waals surface area contributed by atoms with E-state index in [2.05, 4.69) is 0 Å². The van der Waals surface area contributed by atoms with E-state index in [1.54, 1.807) is 23.6 Å². The van der Waals surface area contributed by atoms with Crippen molar-refractivity contribution < 1.29 is 14.3 Å². The molecule has 3 heterocycles. The molecule has 1 amide bonds. The Hall–Kier alpha value is -3.03.